The summed E-state index contributed by atoms with van der Waals surface area (Å²) in [6.45, 7) is 0.518. The van der Waals surface area contributed by atoms with Crippen LogP contribution >= 0.6 is 33.0 Å². The van der Waals surface area contributed by atoms with Crippen LogP contribution in [0.2, 0.25) is 0 Å². The van der Waals surface area contributed by atoms with Gasteiger partial charge in [0.25, 0.3) is 40.5 Å². The molecule has 0 saturated carbocycles. The van der Waals surface area contributed by atoms with Crippen LogP contribution in [0.3, 0.4) is 0 Å². The van der Waals surface area contributed by atoms with Crippen molar-refractivity contribution in [3.05, 3.63) is 0 Å². The summed E-state index contributed by atoms with van der Waals surface area (Å²) in [6, 6.07) is 0. The Balaban J connectivity index is -0.000000210. The van der Waals surface area contributed by atoms with E-state index in [1.807, 2.05) is 0 Å². The maximum atomic E-state index is 10.3. The average Bonchev–Trinajstić information content (AvgIpc) is 3.01. The molecule has 0 aliphatic heterocycles. The molecule has 0 aromatic rings. The molecule has 0 aliphatic carbocycles. The molecule has 4 unspecified atom stereocenters. The minimum atomic E-state index is -3.86. The van der Waals surface area contributed by atoms with Crippen LogP contribution in [0.15, 0.2) is 0 Å². The van der Waals surface area contributed by atoms with Gasteiger partial charge in [0.15, 0.2) is 0 Å². The van der Waals surface area contributed by atoms with E-state index in [1.54, 1.807) is 0 Å². The van der Waals surface area contributed by atoms with E-state index >= 15 is 0 Å². The number of unbranched alkanes of at least 4 members (excludes halogenated alkanes) is 12. The Morgan fingerprint density at radius 2 is 0.456 bits per heavy atom. The minimum Gasteiger partial charge on any atom is -0.566 e. The molecule has 0 saturated heterocycles. The third-order valence-corrected chi connectivity index (χ3v) is 10.8. The molecular weight excluding hydrogens is 1020 g/mol. The van der Waals surface area contributed by atoms with E-state index in [0.29, 0.717) is 103 Å². The molecule has 336 valence electrons. The van der Waals surface area contributed by atoms with Gasteiger partial charge in [0.1, 0.15) is 26.4 Å². The van der Waals surface area contributed by atoms with Crippen molar-refractivity contribution in [1.29, 1.82) is 0 Å². The van der Waals surface area contributed by atoms with Gasteiger partial charge in [-0.1, -0.05) is 51.4 Å². The zero-order valence-corrected chi connectivity index (χ0v) is 40.1. The summed E-state index contributed by atoms with van der Waals surface area (Å²) in [6.07, 6.45) is 8.98. The average molecular weight is 1070 g/mol. The van der Waals surface area contributed by atoms with E-state index in [9.17, 15) is 71.5 Å². The number of hydrogen-bond donors (Lipinski definition) is 4. The van der Waals surface area contributed by atoms with Crippen molar-refractivity contribution in [2.45, 2.75) is 103 Å². The van der Waals surface area contributed by atoms with E-state index in [2.05, 4.69) is 18.1 Å². The van der Waals surface area contributed by atoms with Crippen LogP contribution in [0.25, 0.3) is 0 Å². The summed E-state index contributed by atoms with van der Waals surface area (Å²) in [5, 5.41) is 0. The van der Waals surface area contributed by atoms with Gasteiger partial charge in [-0.15, -0.1) is 18.1 Å². The van der Waals surface area contributed by atoms with E-state index in [0.717, 1.165) is 0 Å². The van der Waals surface area contributed by atoms with Gasteiger partial charge in [-0.25, -0.2) is 0 Å². The van der Waals surface area contributed by atoms with Crippen LogP contribution < -0.4 is 19.6 Å². The molecule has 57 heavy (non-hydrogen) atoms. The number of hydrogen-bond acceptors (Lipinski definition) is 20. The Morgan fingerprint density at radius 1 is 0.316 bits per heavy atom. The maximum Gasteiger partial charge on any atom is 4.00 e. The standard InChI is InChI=1S/4C6H13O6PS.Zr/c4*7-13(8)12-5-3-1-2-4-6-14(9,10)11;/h4*1-6H2,(H,9,10,11);/q;;;;+4. The summed E-state index contributed by atoms with van der Waals surface area (Å²) >= 11 is 0. The Labute approximate surface area is 357 Å². The van der Waals surface area contributed by atoms with E-state index < -0.39 is 73.5 Å². The zero-order chi connectivity index (χ0) is 44.1. The zero-order valence-electron chi connectivity index (χ0n) is 30.8. The molecule has 0 heterocycles. The van der Waals surface area contributed by atoms with E-state index in [-0.39, 0.29) is 75.6 Å². The van der Waals surface area contributed by atoms with Crippen molar-refractivity contribution < 1.29 is 134 Å². The second-order valence-corrected chi connectivity index (χ2v) is 20.1. The van der Waals surface area contributed by atoms with Crippen LogP contribution in [0.1, 0.15) is 103 Å². The van der Waals surface area contributed by atoms with Gasteiger partial charge in [0, 0.05) is 0 Å². The van der Waals surface area contributed by atoms with Gasteiger partial charge in [0.2, 0.25) is 0 Å². The maximum absolute atomic E-state index is 10.3. The molecule has 0 spiro atoms. The normalized spacial score (nSPS) is 12.6. The molecule has 0 aliphatic rings. The fourth-order valence-corrected chi connectivity index (χ4v) is 6.91. The molecule has 0 radical (unpaired) electrons. The fourth-order valence-electron chi connectivity index (χ4n) is 3.52. The molecule has 33 heteroatoms. The first kappa shape index (κ1) is 66.7. The Hall–Kier alpha value is 0.603. The molecule has 0 aromatic carbocycles. The van der Waals surface area contributed by atoms with Crippen molar-refractivity contribution in [3.8, 4) is 0 Å². The first-order valence-electron chi connectivity index (χ1n) is 16.6. The van der Waals surface area contributed by atoms with Gasteiger partial charge >= 0.3 is 59.2 Å². The Kier molecular flexibility index (Phi) is 49.1. The van der Waals surface area contributed by atoms with Crippen molar-refractivity contribution >= 4 is 73.5 Å². The van der Waals surface area contributed by atoms with Gasteiger partial charge in [-0.2, -0.15) is 33.7 Å². The van der Waals surface area contributed by atoms with Crippen molar-refractivity contribution in [2.24, 2.45) is 0 Å². The molecule has 4 atom stereocenters. The van der Waals surface area contributed by atoms with Crippen LogP contribution in [0.4, 0.5) is 0 Å². The van der Waals surface area contributed by atoms with Crippen LogP contribution in [0.5, 0.6) is 0 Å². The molecule has 24 nitrogen and oxygen atoms in total. The van der Waals surface area contributed by atoms with Crippen LogP contribution in [-0.2, 0) is 103 Å². The van der Waals surface area contributed by atoms with Crippen molar-refractivity contribution in [2.75, 3.05) is 49.4 Å². The van der Waals surface area contributed by atoms with E-state index in [1.165, 1.54) is 0 Å². The Morgan fingerprint density at radius 3 is 0.579 bits per heavy atom. The SMILES string of the molecule is O=[P+]([O-])OCCCCCCS(=O)(=O)O.O=[P+]([O-])OCCCCCCS(=O)(=O)O.O=[P+]([O-])OCCCCCCS(=O)(=O)O.O=[P+]([O-])OCCCCCCS(=O)(=O)O.[Zr+4]. The second kappa shape index (κ2) is 41.9. The summed E-state index contributed by atoms with van der Waals surface area (Å²) < 4.78 is 172. The smallest absolute Gasteiger partial charge is 0.566 e. The third kappa shape index (κ3) is 84.8. The monoisotopic (exact) mass is 1070 g/mol. The summed E-state index contributed by atoms with van der Waals surface area (Å²) in [5.74, 6) is -0.985. The minimum absolute atomic E-state index is 0. The van der Waals surface area contributed by atoms with Gasteiger partial charge < -0.3 is 19.6 Å². The second-order valence-electron chi connectivity index (χ2n) is 11.0. The fraction of sp³-hybridized carbons (Fsp3) is 1.00. The van der Waals surface area contributed by atoms with Crippen molar-refractivity contribution in [3.63, 3.8) is 0 Å². The molecular formula is C24H52O24P4S4Zr+4. The summed E-state index contributed by atoms with van der Waals surface area (Å²) in [7, 11) is -26.6. The Bertz CT molecular complexity index is 1280. The van der Waals surface area contributed by atoms with Gasteiger partial charge in [0.05, 0.1) is 23.0 Å². The molecule has 0 bridgehead atoms. The molecule has 0 amide bonds. The van der Waals surface area contributed by atoms with Crippen LogP contribution in [0, 0.1) is 0 Å². The molecule has 0 rings (SSSR count). The molecule has 4 N–H and O–H groups in total. The third-order valence-electron chi connectivity index (χ3n) is 5.97. The number of rotatable bonds is 32. The topological polar surface area (TPSA) is 415 Å². The van der Waals surface area contributed by atoms with Crippen molar-refractivity contribution in [1.82, 2.24) is 0 Å². The quantitative estimate of drug-likeness (QED) is 0.0424. The van der Waals surface area contributed by atoms with Gasteiger partial charge in [-0.05, 0) is 69.6 Å². The summed E-state index contributed by atoms with van der Waals surface area (Å²) in [4.78, 5) is 39.7. The first-order valence-corrected chi connectivity index (χ1v) is 27.4. The largest absolute Gasteiger partial charge is 4.00 e. The van der Waals surface area contributed by atoms with Crippen LogP contribution in [-0.4, -0.2) is 101 Å². The molecule has 0 fully saturated rings. The van der Waals surface area contributed by atoms with E-state index in [4.69, 9.17) is 18.2 Å². The first-order chi connectivity index (χ1) is 25.7. The van der Waals surface area contributed by atoms with Gasteiger partial charge in [-0.3, -0.25) is 18.2 Å². The summed E-state index contributed by atoms with van der Waals surface area (Å²) in [5.41, 5.74) is 0. The molecule has 0 aromatic heterocycles. The predicted octanol–water partition coefficient (Wildman–Crippen LogP) is 1.87. The predicted molar refractivity (Wildman–Crippen MR) is 194 cm³/mol.